The number of hydrogen-bond donors (Lipinski definition) is 1. The van der Waals surface area contributed by atoms with E-state index in [0.717, 1.165) is 10.0 Å². The van der Waals surface area contributed by atoms with Crippen molar-refractivity contribution in [2.24, 2.45) is 0 Å². The minimum Gasteiger partial charge on any atom is -0.481 e. The minimum atomic E-state index is -0.697. The molecule has 26 heavy (non-hydrogen) atoms. The summed E-state index contributed by atoms with van der Waals surface area (Å²) in [5, 5.41) is 7.62. The third-order valence-electron chi connectivity index (χ3n) is 3.69. The summed E-state index contributed by atoms with van der Waals surface area (Å²) in [6.07, 6.45) is 2.30. The molecule has 0 bridgehead atoms. The quantitative estimate of drug-likeness (QED) is 0.645. The molecule has 134 valence electrons. The number of benzene rings is 2. The Hall–Kier alpha value is -2.38. The number of rotatable bonds is 5. The molecule has 1 aromatic heterocycles. The fourth-order valence-electron chi connectivity index (χ4n) is 2.36. The molecule has 6 nitrogen and oxygen atoms in total. The Morgan fingerprint density at radius 1 is 1.31 bits per heavy atom. The fraction of sp³-hybridized carbons (Fsp3) is 0.167. The van der Waals surface area contributed by atoms with Gasteiger partial charge < -0.3 is 10.1 Å². The topological polar surface area (TPSA) is 69.0 Å². The summed E-state index contributed by atoms with van der Waals surface area (Å²) >= 11 is 9.37. The standard InChI is InChI=1S/C18H16BrClN4O2/c1-11-7-14(20)4-6-17(11)26-12(2)18(25)23-15-8-13(19)3-5-16(15)24-10-21-9-22-24/h3-10,12H,1-2H3,(H,23,25). The van der Waals surface area contributed by atoms with Crippen molar-refractivity contribution in [3.63, 3.8) is 0 Å². The van der Waals surface area contributed by atoms with Crippen molar-refractivity contribution in [2.45, 2.75) is 20.0 Å². The largest absolute Gasteiger partial charge is 0.481 e. The van der Waals surface area contributed by atoms with Crippen LogP contribution in [-0.2, 0) is 4.79 Å². The van der Waals surface area contributed by atoms with Gasteiger partial charge in [0, 0.05) is 9.50 Å². The van der Waals surface area contributed by atoms with Crippen molar-refractivity contribution >= 4 is 39.1 Å². The number of halogens is 2. The van der Waals surface area contributed by atoms with Crippen molar-refractivity contribution in [3.05, 3.63) is 64.1 Å². The van der Waals surface area contributed by atoms with Gasteiger partial charge in [-0.3, -0.25) is 4.79 Å². The molecule has 0 spiro atoms. The van der Waals surface area contributed by atoms with E-state index in [1.54, 1.807) is 42.2 Å². The summed E-state index contributed by atoms with van der Waals surface area (Å²) < 4.78 is 8.19. The van der Waals surface area contributed by atoms with Crippen molar-refractivity contribution in [1.82, 2.24) is 14.8 Å². The third-order valence-corrected chi connectivity index (χ3v) is 4.42. The number of anilines is 1. The summed E-state index contributed by atoms with van der Waals surface area (Å²) in [7, 11) is 0. The zero-order chi connectivity index (χ0) is 18.7. The van der Waals surface area contributed by atoms with E-state index in [1.165, 1.54) is 6.33 Å². The van der Waals surface area contributed by atoms with E-state index in [-0.39, 0.29) is 5.91 Å². The Morgan fingerprint density at radius 3 is 2.81 bits per heavy atom. The molecule has 1 unspecified atom stereocenters. The van der Waals surface area contributed by atoms with Gasteiger partial charge in [0.05, 0.1) is 11.4 Å². The molecular formula is C18H16BrClN4O2. The number of ether oxygens (including phenoxy) is 1. The van der Waals surface area contributed by atoms with Crippen molar-refractivity contribution in [1.29, 1.82) is 0 Å². The first-order valence-corrected chi connectivity index (χ1v) is 8.99. The normalized spacial score (nSPS) is 11.8. The van der Waals surface area contributed by atoms with Gasteiger partial charge in [-0.25, -0.2) is 9.67 Å². The molecule has 0 aliphatic carbocycles. The van der Waals surface area contributed by atoms with E-state index in [0.29, 0.717) is 22.1 Å². The van der Waals surface area contributed by atoms with Crippen molar-refractivity contribution in [2.75, 3.05) is 5.32 Å². The van der Waals surface area contributed by atoms with Gasteiger partial charge in [-0.05, 0) is 55.8 Å². The first kappa shape index (κ1) is 18.4. The molecule has 3 rings (SSSR count). The van der Waals surface area contributed by atoms with Crippen LogP contribution in [0.3, 0.4) is 0 Å². The van der Waals surface area contributed by atoms with Crippen LogP contribution in [0.1, 0.15) is 12.5 Å². The fourth-order valence-corrected chi connectivity index (χ4v) is 2.95. The maximum absolute atomic E-state index is 12.6. The molecule has 0 aliphatic heterocycles. The molecule has 0 fully saturated rings. The van der Waals surface area contributed by atoms with Crippen LogP contribution >= 0.6 is 27.5 Å². The highest BCUT2D eigenvalue weighted by Gasteiger charge is 2.18. The zero-order valence-electron chi connectivity index (χ0n) is 14.1. The van der Waals surface area contributed by atoms with Crippen LogP contribution in [0.15, 0.2) is 53.5 Å². The van der Waals surface area contributed by atoms with Crippen LogP contribution in [-0.4, -0.2) is 26.8 Å². The smallest absolute Gasteiger partial charge is 0.265 e. The Labute approximate surface area is 164 Å². The Balaban J connectivity index is 1.78. The number of aryl methyl sites for hydroxylation is 1. The van der Waals surface area contributed by atoms with Gasteiger partial charge in [-0.15, -0.1) is 0 Å². The van der Waals surface area contributed by atoms with Gasteiger partial charge in [-0.1, -0.05) is 27.5 Å². The molecule has 0 saturated carbocycles. The second-order valence-electron chi connectivity index (χ2n) is 5.66. The first-order chi connectivity index (χ1) is 12.4. The van der Waals surface area contributed by atoms with Crippen LogP contribution in [0.5, 0.6) is 5.75 Å². The van der Waals surface area contributed by atoms with E-state index >= 15 is 0 Å². The van der Waals surface area contributed by atoms with Crippen molar-refractivity contribution in [3.8, 4) is 11.4 Å². The number of hydrogen-bond acceptors (Lipinski definition) is 4. The Bertz CT molecular complexity index is 931. The summed E-state index contributed by atoms with van der Waals surface area (Å²) in [5.41, 5.74) is 2.16. The lowest BCUT2D eigenvalue weighted by Gasteiger charge is -2.18. The molecule has 2 aromatic carbocycles. The molecule has 0 radical (unpaired) electrons. The molecule has 1 heterocycles. The predicted octanol–water partition coefficient (Wildman–Crippen LogP) is 4.40. The number of carbonyl (C=O) groups is 1. The SMILES string of the molecule is Cc1cc(Cl)ccc1OC(C)C(=O)Nc1cc(Br)ccc1-n1cncn1. The van der Waals surface area contributed by atoms with Crippen LogP contribution in [0, 0.1) is 6.92 Å². The van der Waals surface area contributed by atoms with E-state index in [9.17, 15) is 4.79 Å². The highest BCUT2D eigenvalue weighted by Crippen LogP contribution is 2.26. The second kappa shape index (κ2) is 7.88. The average molecular weight is 436 g/mol. The summed E-state index contributed by atoms with van der Waals surface area (Å²) in [6.45, 7) is 3.57. The number of carbonyl (C=O) groups excluding carboxylic acids is 1. The number of aromatic nitrogens is 3. The van der Waals surface area contributed by atoms with Gasteiger partial charge in [0.15, 0.2) is 6.10 Å². The van der Waals surface area contributed by atoms with Gasteiger partial charge >= 0.3 is 0 Å². The Kier molecular flexibility index (Phi) is 5.58. The van der Waals surface area contributed by atoms with E-state index in [4.69, 9.17) is 16.3 Å². The maximum atomic E-state index is 12.6. The van der Waals surface area contributed by atoms with Crippen LogP contribution in [0.4, 0.5) is 5.69 Å². The predicted molar refractivity (Wildman–Crippen MR) is 104 cm³/mol. The van der Waals surface area contributed by atoms with Crippen LogP contribution in [0.25, 0.3) is 5.69 Å². The first-order valence-electron chi connectivity index (χ1n) is 7.82. The third kappa shape index (κ3) is 4.23. The highest BCUT2D eigenvalue weighted by atomic mass is 79.9. The molecule has 0 aliphatic rings. The van der Waals surface area contributed by atoms with Gasteiger partial charge in [0.1, 0.15) is 18.4 Å². The van der Waals surface area contributed by atoms with E-state index in [1.807, 2.05) is 19.1 Å². The van der Waals surface area contributed by atoms with Crippen molar-refractivity contribution < 1.29 is 9.53 Å². The van der Waals surface area contributed by atoms with E-state index < -0.39 is 6.10 Å². The monoisotopic (exact) mass is 434 g/mol. The Morgan fingerprint density at radius 2 is 2.12 bits per heavy atom. The second-order valence-corrected chi connectivity index (χ2v) is 7.01. The van der Waals surface area contributed by atoms with Crippen LogP contribution < -0.4 is 10.1 Å². The van der Waals surface area contributed by atoms with Gasteiger partial charge in [0.25, 0.3) is 5.91 Å². The molecule has 1 amide bonds. The molecule has 1 atom stereocenters. The molecule has 3 aromatic rings. The van der Waals surface area contributed by atoms with Gasteiger partial charge in [0.2, 0.25) is 0 Å². The van der Waals surface area contributed by atoms with Crippen LogP contribution in [0.2, 0.25) is 5.02 Å². The number of amides is 1. The molecular weight excluding hydrogens is 420 g/mol. The molecule has 1 N–H and O–H groups in total. The number of nitrogens with zero attached hydrogens (tertiary/aromatic N) is 3. The summed E-state index contributed by atoms with van der Waals surface area (Å²) in [4.78, 5) is 16.5. The molecule has 8 heteroatoms. The average Bonchev–Trinajstić information content (AvgIpc) is 3.11. The highest BCUT2D eigenvalue weighted by molar-refractivity contribution is 9.10. The maximum Gasteiger partial charge on any atom is 0.265 e. The minimum absolute atomic E-state index is 0.279. The lowest BCUT2D eigenvalue weighted by molar-refractivity contribution is -0.122. The summed E-state index contributed by atoms with van der Waals surface area (Å²) in [6, 6.07) is 10.8. The zero-order valence-corrected chi connectivity index (χ0v) is 16.5. The number of nitrogens with one attached hydrogen (secondary N) is 1. The van der Waals surface area contributed by atoms with Gasteiger partial charge in [-0.2, -0.15) is 5.10 Å². The lowest BCUT2D eigenvalue weighted by atomic mass is 10.2. The summed E-state index contributed by atoms with van der Waals surface area (Å²) in [5.74, 6) is 0.335. The lowest BCUT2D eigenvalue weighted by Crippen LogP contribution is -2.30. The van der Waals surface area contributed by atoms with E-state index in [2.05, 4.69) is 31.3 Å². The molecule has 0 saturated heterocycles.